The third-order valence-electron chi connectivity index (χ3n) is 4.94. The van der Waals surface area contributed by atoms with Crippen LogP contribution >= 0.6 is 0 Å². The van der Waals surface area contributed by atoms with E-state index in [-0.39, 0.29) is 11.8 Å². The molecule has 2 rings (SSSR count). The normalized spacial score (nSPS) is 14.9. The Hall–Kier alpha value is -1.84. The van der Waals surface area contributed by atoms with E-state index >= 15 is 0 Å². The lowest BCUT2D eigenvalue weighted by Gasteiger charge is -2.27. The van der Waals surface area contributed by atoms with Crippen LogP contribution in [-0.4, -0.2) is 29.3 Å². The van der Waals surface area contributed by atoms with Gasteiger partial charge in [0.05, 0.1) is 0 Å². The average molecular weight is 330 g/mol. The molecule has 1 N–H and O–H groups in total. The SMILES string of the molecule is CC(=O)N(CCC(=O)Nc1c(C)cccc1C(C)C)C1CCCC1. The summed E-state index contributed by atoms with van der Waals surface area (Å²) in [5.41, 5.74) is 3.16. The number of nitrogens with one attached hydrogen (secondary N) is 1. The van der Waals surface area contributed by atoms with Gasteiger partial charge >= 0.3 is 0 Å². The lowest BCUT2D eigenvalue weighted by Crippen LogP contribution is -2.39. The quantitative estimate of drug-likeness (QED) is 0.848. The fourth-order valence-corrected chi connectivity index (χ4v) is 3.58. The van der Waals surface area contributed by atoms with E-state index in [2.05, 4.69) is 25.2 Å². The van der Waals surface area contributed by atoms with Gasteiger partial charge in [0.25, 0.3) is 0 Å². The summed E-state index contributed by atoms with van der Waals surface area (Å²) < 4.78 is 0. The molecule has 1 saturated carbocycles. The maximum atomic E-state index is 12.4. The summed E-state index contributed by atoms with van der Waals surface area (Å²) >= 11 is 0. The molecule has 4 heteroatoms. The number of amides is 2. The van der Waals surface area contributed by atoms with E-state index in [1.165, 1.54) is 12.8 Å². The van der Waals surface area contributed by atoms with Crippen LogP contribution in [0.1, 0.15) is 69.9 Å². The second kappa shape index (κ2) is 8.32. The molecule has 0 aliphatic heterocycles. The number of aryl methyl sites for hydroxylation is 1. The van der Waals surface area contributed by atoms with Gasteiger partial charge in [0.15, 0.2) is 0 Å². The van der Waals surface area contributed by atoms with Gasteiger partial charge < -0.3 is 10.2 Å². The van der Waals surface area contributed by atoms with Crippen LogP contribution in [0.15, 0.2) is 18.2 Å². The van der Waals surface area contributed by atoms with Crippen molar-refractivity contribution in [2.45, 2.75) is 71.8 Å². The summed E-state index contributed by atoms with van der Waals surface area (Å²) in [6.45, 7) is 8.38. The Morgan fingerprint density at radius 1 is 1.25 bits per heavy atom. The standard InChI is InChI=1S/C20H30N2O2/c1-14(2)18-11-7-8-15(3)20(18)21-19(24)12-13-22(16(4)23)17-9-5-6-10-17/h7-8,11,14,17H,5-6,9-10,12-13H2,1-4H3,(H,21,24). The van der Waals surface area contributed by atoms with Gasteiger partial charge in [0.1, 0.15) is 0 Å². The van der Waals surface area contributed by atoms with Gasteiger partial charge in [-0.05, 0) is 36.8 Å². The Morgan fingerprint density at radius 2 is 1.92 bits per heavy atom. The van der Waals surface area contributed by atoms with Gasteiger partial charge in [0, 0.05) is 31.6 Å². The number of benzene rings is 1. The molecule has 0 spiro atoms. The molecule has 2 amide bonds. The van der Waals surface area contributed by atoms with Crippen molar-refractivity contribution >= 4 is 17.5 Å². The Kier molecular flexibility index (Phi) is 6.41. The van der Waals surface area contributed by atoms with E-state index in [1.807, 2.05) is 24.0 Å². The molecule has 0 radical (unpaired) electrons. The van der Waals surface area contributed by atoms with Crippen LogP contribution in [0.3, 0.4) is 0 Å². The Bertz CT molecular complexity index is 589. The predicted octanol–water partition coefficient (Wildman–Crippen LogP) is 4.24. The first-order chi connectivity index (χ1) is 11.4. The zero-order valence-electron chi connectivity index (χ0n) is 15.4. The Morgan fingerprint density at radius 3 is 2.50 bits per heavy atom. The summed E-state index contributed by atoms with van der Waals surface area (Å²) in [4.78, 5) is 26.2. The van der Waals surface area contributed by atoms with Gasteiger partial charge in [-0.1, -0.05) is 44.9 Å². The van der Waals surface area contributed by atoms with Crippen molar-refractivity contribution in [1.29, 1.82) is 0 Å². The summed E-state index contributed by atoms with van der Waals surface area (Å²) in [6.07, 6.45) is 4.85. The molecule has 1 aromatic carbocycles. The number of rotatable bonds is 6. The third kappa shape index (κ3) is 4.59. The number of hydrogen-bond acceptors (Lipinski definition) is 2. The molecule has 132 valence electrons. The Balaban J connectivity index is 1.99. The molecule has 1 aliphatic carbocycles. The largest absolute Gasteiger partial charge is 0.339 e. The average Bonchev–Trinajstić information content (AvgIpc) is 3.03. The number of carbonyl (C=O) groups excluding carboxylic acids is 2. The van der Waals surface area contributed by atoms with Crippen molar-refractivity contribution in [3.63, 3.8) is 0 Å². The van der Waals surface area contributed by atoms with Crippen LogP contribution in [0.25, 0.3) is 0 Å². The molecule has 1 aliphatic rings. The highest BCUT2D eigenvalue weighted by Gasteiger charge is 2.25. The highest BCUT2D eigenvalue weighted by Crippen LogP contribution is 2.28. The predicted molar refractivity (Wildman–Crippen MR) is 98.2 cm³/mol. The molecular weight excluding hydrogens is 300 g/mol. The van der Waals surface area contributed by atoms with E-state index in [0.29, 0.717) is 24.9 Å². The van der Waals surface area contributed by atoms with Gasteiger partial charge in [-0.25, -0.2) is 0 Å². The van der Waals surface area contributed by atoms with E-state index in [9.17, 15) is 9.59 Å². The fraction of sp³-hybridized carbons (Fsp3) is 0.600. The zero-order valence-corrected chi connectivity index (χ0v) is 15.4. The minimum atomic E-state index is -0.0181. The van der Waals surface area contributed by atoms with Gasteiger partial charge in [0.2, 0.25) is 11.8 Å². The number of anilines is 1. The number of nitrogens with zero attached hydrogens (tertiary/aromatic N) is 1. The van der Waals surface area contributed by atoms with Crippen LogP contribution in [-0.2, 0) is 9.59 Å². The van der Waals surface area contributed by atoms with Crippen molar-refractivity contribution in [2.24, 2.45) is 0 Å². The molecule has 0 unspecified atom stereocenters. The molecule has 0 bridgehead atoms. The van der Waals surface area contributed by atoms with E-state index in [4.69, 9.17) is 0 Å². The monoisotopic (exact) mass is 330 g/mol. The summed E-state index contributed by atoms with van der Waals surface area (Å²) in [6, 6.07) is 6.42. The molecule has 0 aromatic heterocycles. The van der Waals surface area contributed by atoms with Crippen molar-refractivity contribution in [3.8, 4) is 0 Å². The molecule has 4 nitrogen and oxygen atoms in total. The van der Waals surface area contributed by atoms with Crippen LogP contribution in [0.2, 0.25) is 0 Å². The fourth-order valence-electron chi connectivity index (χ4n) is 3.58. The van der Waals surface area contributed by atoms with Gasteiger partial charge in [-0.15, -0.1) is 0 Å². The first-order valence-corrected chi connectivity index (χ1v) is 9.06. The van der Waals surface area contributed by atoms with E-state index < -0.39 is 0 Å². The molecule has 0 saturated heterocycles. The van der Waals surface area contributed by atoms with E-state index in [0.717, 1.165) is 29.7 Å². The second-order valence-corrected chi connectivity index (χ2v) is 7.14. The Labute approximate surface area is 145 Å². The van der Waals surface area contributed by atoms with Crippen molar-refractivity contribution in [1.82, 2.24) is 4.90 Å². The first kappa shape index (κ1) is 18.5. The summed E-state index contributed by atoms with van der Waals surface area (Å²) in [5, 5.41) is 3.07. The second-order valence-electron chi connectivity index (χ2n) is 7.14. The highest BCUT2D eigenvalue weighted by atomic mass is 16.2. The molecule has 0 heterocycles. The van der Waals surface area contributed by atoms with E-state index in [1.54, 1.807) is 6.92 Å². The molecule has 24 heavy (non-hydrogen) atoms. The van der Waals surface area contributed by atoms with Crippen LogP contribution in [0, 0.1) is 6.92 Å². The highest BCUT2D eigenvalue weighted by molar-refractivity contribution is 5.92. The van der Waals surface area contributed by atoms with Gasteiger partial charge in [-0.2, -0.15) is 0 Å². The lowest BCUT2D eigenvalue weighted by atomic mass is 9.98. The van der Waals surface area contributed by atoms with Crippen LogP contribution in [0.5, 0.6) is 0 Å². The number of carbonyl (C=O) groups is 2. The van der Waals surface area contributed by atoms with Crippen molar-refractivity contribution in [3.05, 3.63) is 29.3 Å². The number of para-hydroxylation sites is 1. The minimum absolute atomic E-state index is 0.0181. The van der Waals surface area contributed by atoms with Crippen molar-refractivity contribution in [2.75, 3.05) is 11.9 Å². The summed E-state index contributed by atoms with van der Waals surface area (Å²) in [7, 11) is 0. The minimum Gasteiger partial charge on any atom is -0.339 e. The maximum Gasteiger partial charge on any atom is 0.226 e. The molecule has 1 aromatic rings. The van der Waals surface area contributed by atoms with Crippen LogP contribution < -0.4 is 5.32 Å². The number of hydrogen-bond donors (Lipinski definition) is 1. The molecule has 0 atom stereocenters. The van der Waals surface area contributed by atoms with Gasteiger partial charge in [-0.3, -0.25) is 9.59 Å². The van der Waals surface area contributed by atoms with Crippen molar-refractivity contribution < 1.29 is 9.59 Å². The smallest absolute Gasteiger partial charge is 0.226 e. The maximum absolute atomic E-state index is 12.4. The van der Waals surface area contributed by atoms with Crippen LogP contribution in [0.4, 0.5) is 5.69 Å². The zero-order chi connectivity index (χ0) is 17.7. The topological polar surface area (TPSA) is 49.4 Å². The molecular formula is C20H30N2O2. The summed E-state index contributed by atoms with van der Waals surface area (Å²) in [5.74, 6) is 0.413. The third-order valence-corrected chi connectivity index (χ3v) is 4.94. The lowest BCUT2D eigenvalue weighted by molar-refractivity contribution is -0.131. The first-order valence-electron chi connectivity index (χ1n) is 9.06. The molecule has 1 fully saturated rings.